The van der Waals surface area contributed by atoms with Gasteiger partial charge in [0.1, 0.15) is 0 Å². The van der Waals surface area contributed by atoms with Crippen LogP contribution in [0.25, 0.3) is 0 Å². The van der Waals surface area contributed by atoms with Gasteiger partial charge in [-0.3, -0.25) is 0 Å². The minimum Gasteiger partial charge on any atom is -0.392 e. The van der Waals surface area contributed by atoms with Crippen LogP contribution in [-0.2, 0) is 0 Å². The van der Waals surface area contributed by atoms with Crippen molar-refractivity contribution < 1.29 is 10.2 Å². The van der Waals surface area contributed by atoms with E-state index in [-0.39, 0.29) is 6.54 Å². The molecule has 0 heterocycles. The van der Waals surface area contributed by atoms with Crippen LogP contribution in [0.15, 0.2) is 0 Å². The van der Waals surface area contributed by atoms with Gasteiger partial charge in [-0.2, -0.15) is 0 Å². The van der Waals surface area contributed by atoms with Crippen LogP contribution < -0.4 is 5.73 Å². The fourth-order valence-corrected chi connectivity index (χ4v) is 1.43. The molecule has 1 rings (SSSR count). The second kappa shape index (κ2) is 3.09. The molecule has 0 saturated heterocycles. The Labute approximate surface area is 67.2 Å². The maximum atomic E-state index is 9.74. The highest BCUT2D eigenvalue weighted by molar-refractivity contribution is 4.92. The van der Waals surface area contributed by atoms with Crippen molar-refractivity contribution >= 4 is 0 Å². The molecule has 0 spiro atoms. The van der Waals surface area contributed by atoms with E-state index < -0.39 is 11.7 Å². The Morgan fingerprint density at radius 1 is 1.64 bits per heavy atom. The summed E-state index contributed by atoms with van der Waals surface area (Å²) >= 11 is 0. The molecular weight excluding hydrogens is 142 g/mol. The Bertz CT molecular complexity index is 132. The van der Waals surface area contributed by atoms with E-state index in [2.05, 4.69) is 0 Å². The fraction of sp³-hybridized carbons (Fsp3) is 1.00. The van der Waals surface area contributed by atoms with Crippen LogP contribution in [0.3, 0.4) is 0 Å². The third-order valence-corrected chi connectivity index (χ3v) is 2.38. The monoisotopic (exact) mass is 159 g/mol. The van der Waals surface area contributed by atoms with Gasteiger partial charge in [-0.25, -0.2) is 0 Å². The van der Waals surface area contributed by atoms with Crippen LogP contribution in [0.5, 0.6) is 0 Å². The van der Waals surface area contributed by atoms with Crippen molar-refractivity contribution in [3.63, 3.8) is 0 Å². The van der Waals surface area contributed by atoms with Gasteiger partial charge in [-0.15, -0.1) is 0 Å². The summed E-state index contributed by atoms with van der Waals surface area (Å²) in [5.41, 5.74) is 4.54. The van der Waals surface area contributed by atoms with Gasteiger partial charge in [0.15, 0.2) is 0 Å². The Balaban J connectivity index is 2.32. The molecular formula is C8H17NO2. The van der Waals surface area contributed by atoms with Gasteiger partial charge in [-0.1, -0.05) is 0 Å². The molecule has 0 aromatic heterocycles. The zero-order chi connectivity index (χ0) is 8.48. The lowest BCUT2D eigenvalue weighted by Gasteiger charge is -2.25. The molecule has 2 atom stereocenters. The predicted molar refractivity (Wildman–Crippen MR) is 43.0 cm³/mol. The summed E-state index contributed by atoms with van der Waals surface area (Å²) in [4.78, 5) is 0. The van der Waals surface area contributed by atoms with Gasteiger partial charge in [-0.05, 0) is 25.7 Å². The average molecular weight is 159 g/mol. The second-order valence-corrected chi connectivity index (χ2v) is 3.73. The van der Waals surface area contributed by atoms with E-state index in [0.717, 1.165) is 12.8 Å². The third kappa shape index (κ3) is 2.43. The molecule has 3 nitrogen and oxygen atoms in total. The lowest BCUT2D eigenvalue weighted by Crippen LogP contribution is -2.35. The minimum absolute atomic E-state index is 0.239. The third-order valence-electron chi connectivity index (χ3n) is 2.38. The van der Waals surface area contributed by atoms with Gasteiger partial charge < -0.3 is 15.9 Å². The second-order valence-electron chi connectivity index (χ2n) is 3.73. The van der Waals surface area contributed by atoms with E-state index in [9.17, 15) is 10.2 Å². The van der Waals surface area contributed by atoms with E-state index in [4.69, 9.17) is 5.73 Å². The first-order chi connectivity index (χ1) is 5.06. The van der Waals surface area contributed by atoms with Crippen LogP contribution in [0.2, 0.25) is 0 Å². The predicted octanol–water partition coefficient (Wildman–Crippen LogP) is -0.143. The molecule has 3 heteroatoms. The smallest absolute Gasteiger partial charge is 0.0689 e. The summed E-state index contributed by atoms with van der Waals surface area (Å²) in [6, 6.07) is 0. The Morgan fingerprint density at radius 2 is 2.18 bits per heavy atom. The molecule has 0 radical (unpaired) electrons. The fourth-order valence-electron chi connectivity index (χ4n) is 1.43. The summed E-state index contributed by atoms with van der Waals surface area (Å²) in [5, 5.41) is 18.9. The van der Waals surface area contributed by atoms with Crippen LogP contribution >= 0.6 is 0 Å². The van der Waals surface area contributed by atoms with Gasteiger partial charge in [0, 0.05) is 13.0 Å². The highest BCUT2D eigenvalue weighted by atomic mass is 16.3. The Morgan fingerprint density at radius 3 is 2.55 bits per heavy atom. The average Bonchev–Trinajstić information content (AvgIpc) is 2.66. The van der Waals surface area contributed by atoms with Crippen LogP contribution in [0.1, 0.15) is 26.2 Å². The molecule has 1 aliphatic rings. The van der Waals surface area contributed by atoms with Gasteiger partial charge in [0.2, 0.25) is 0 Å². The van der Waals surface area contributed by atoms with E-state index in [0.29, 0.717) is 12.3 Å². The lowest BCUT2D eigenvalue weighted by molar-refractivity contribution is -0.0109. The molecule has 0 bridgehead atoms. The summed E-state index contributed by atoms with van der Waals surface area (Å²) in [7, 11) is 0. The lowest BCUT2D eigenvalue weighted by atomic mass is 9.93. The van der Waals surface area contributed by atoms with Crippen molar-refractivity contribution in [1.82, 2.24) is 0 Å². The number of hydrogen-bond donors (Lipinski definition) is 3. The van der Waals surface area contributed by atoms with E-state index in [1.165, 1.54) is 0 Å². The first-order valence-corrected chi connectivity index (χ1v) is 4.17. The number of hydrogen-bond acceptors (Lipinski definition) is 3. The summed E-state index contributed by atoms with van der Waals surface area (Å²) in [6.07, 6.45) is 2.04. The molecule has 0 amide bonds. The first kappa shape index (κ1) is 8.97. The largest absolute Gasteiger partial charge is 0.392 e. The molecule has 66 valence electrons. The maximum Gasteiger partial charge on any atom is 0.0689 e. The molecule has 4 N–H and O–H groups in total. The van der Waals surface area contributed by atoms with Crippen molar-refractivity contribution in [2.45, 2.75) is 37.9 Å². The van der Waals surface area contributed by atoms with E-state index in [1.807, 2.05) is 0 Å². The number of nitrogens with two attached hydrogens (primary N) is 1. The number of rotatable bonds is 4. The van der Waals surface area contributed by atoms with Crippen LogP contribution in [0.4, 0.5) is 0 Å². The molecule has 0 unspecified atom stereocenters. The molecule has 1 saturated carbocycles. The van der Waals surface area contributed by atoms with Crippen LogP contribution in [0, 0.1) is 5.92 Å². The highest BCUT2D eigenvalue weighted by Gasteiger charge is 2.40. The van der Waals surface area contributed by atoms with Crippen molar-refractivity contribution in [1.29, 1.82) is 0 Å². The van der Waals surface area contributed by atoms with Gasteiger partial charge in [0.25, 0.3) is 0 Å². The van der Waals surface area contributed by atoms with Gasteiger partial charge >= 0.3 is 0 Å². The van der Waals surface area contributed by atoms with Crippen molar-refractivity contribution in [3.05, 3.63) is 0 Å². The molecule has 0 aliphatic heterocycles. The first-order valence-electron chi connectivity index (χ1n) is 4.17. The Hall–Kier alpha value is -0.120. The quantitative estimate of drug-likeness (QED) is 0.534. The molecule has 0 aromatic carbocycles. The van der Waals surface area contributed by atoms with Crippen molar-refractivity contribution in [2.75, 3.05) is 6.54 Å². The van der Waals surface area contributed by atoms with Crippen LogP contribution in [-0.4, -0.2) is 28.5 Å². The SMILES string of the molecule is C[C@@](O)(C[C@H](O)CN)C1CC1. The zero-order valence-corrected chi connectivity index (χ0v) is 6.95. The summed E-state index contributed by atoms with van der Waals surface area (Å²) < 4.78 is 0. The maximum absolute atomic E-state index is 9.74. The van der Waals surface area contributed by atoms with Crippen molar-refractivity contribution in [3.8, 4) is 0 Å². The standard InChI is InChI=1S/C8H17NO2/c1-8(11,6-2-3-6)4-7(10)5-9/h6-7,10-11H,2-5,9H2,1H3/t7-,8+/m0/s1. The zero-order valence-electron chi connectivity index (χ0n) is 6.95. The highest BCUT2D eigenvalue weighted by Crippen LogP contribution is 2.41. The topological polar surface area (TPSA) is 66.5 Å². The Kier molecular flexibility index (Phi) is 2.52. The minimum atomic E-state index is -0.696. The molecule has 1 fully saturated rings. The van der Waals surface area contributed by atoms with Gasteiger partial charge in [0.05, 0.1) is 11.7 Å². The molecule has 1 aliphatic carbocycles. The summed E-state index contributed by atoms with van der Waals surface area (Å²) in [6.45, 7) is 2.02. The number of aliphatic hydroxyl groups is 2. The number of aliphatic hydroxyl groups excluding tert-OH is 1. The molecule has 11 heavy (non-hydrogen) atoms. The van der Waals surface area contributed by atoms with E-state index >= 15 is 0 Å². The summed E-state index contributed by atoms with van der Waals surface area (Å²) in [5.74, 6) is 0.392. The normalized spacial score (nSPS) is 26.2. The van der Waals surface area contributed by atoms with Crippen molar-refractivity contribution in [2.24, 2.45) is 11.7 Å². The molecule has 0 aromatic rings. The van der Waals surface area contributed by atoms with E-state index in [1.54, 1.807) is 6.92 Å².